The van der Waals surface area contributed by atoms with E-state index in [2.05, 4.69) is 21.0 Å². The van der Waals surface area contributed by atoms with Gasteiger partial charge in [-0.2, -0.15) is 5.10 Å². The average Bonchev–Trinajstić information content (AvgIpc) is 2.81. The molecule has 6 heteroatoms. The third kappa shape index (κ3) is 3.23. The van der Waals surface area contributed by atoms with Gasteiger partial charge in [0.05, 0.1) is 17.6 Å². The van der Waals surface area contributed by atoms with Crippen LogP contribution in [0.15, 0.2) is 46.9 Å². The van der Waals surface area contributed by atoms with Crippen LogP contribution in [-0.2, 0) is 11.3 Å². The molecule has 1 aromatic heterocycles. The highest BCUT2D eigenvalue weighted by molar-refractivity contribution is 5.81. The first-order valence-corrected chi connectivity index (χ1v) is 11.9. The molecule has 4 aliphatic rings. The zero-order valence-electron chi connectivity index (χ0n) is 17.9. The fraction of sp³-hybridized carbons (Fsp3) is 0.560. The van der Waals surface area contributed by atoms with Crippen molar-refractivity contribution in [2.45, 2.75) is 57.2 Å². The van der Waals surface area contributed by atoms with Crippen LogP contribution >= 0.6 is 0 Å². The van der Waals surface area contributed by atoms with Crippen molar-refractivity contribution in [2.75, 3.05) is 19.6 Å². The Morgan fingerprint density at radius 2 is 2.03 bits per heavy atom. The van der Waals surface area contributed by atoms with Crippen molar-refractivity contribution >= 4 is 16.7 Å². The van der Waals surface area contributed by atoms with Gasteiger partial charge in [0.25, 0.3) is 5.56 Å². The van der Waals surface area contributed by atoms with E-state index in [1.165, 1.54) is 42.5 Å². The van der Waals surface area contributed by atoms with E-state index >= 15 is 0 Å². The standard InChI is InChI=1S/C25H30N4O2/c30-23(16-29-25(31)21-8-2-1-6-18(21)14-26-29)28-11-5-7-17-12-19-13-20(24(17)28)15-27-10-4-3-9-22(19)27/h1-2,6,8,12,14,19-20,22,24H,3-5,7,9-11,13,15-16H2/t19-,20-,22-,24-/m0/s1. The zero-order valence-corrected chi connectivity index (χ0v) is 17.9. The molecule has 4 atom stereocenters. The molecule has 6 rings (SSSR count). The quantitative estimate of drug-likeness (QED) is 0.704. The summed E-state index contributed by atoms with van der Waals surface area (Å²) in [6, 6.07) is 8.36. The van der Waals surface area contributed by atoms with Crippen molar-refractivity contribution in [3.05, 3.63) is 52.5 Å². The van der Waals surface area contributed by atoms with Gasteiger partial charge in [0, 0.05) is 24.5 Å². The molecule has 4 heterocycles. The van der Waals surface area contributed by atoms with E-state index in [4.69, 9.17) is 0 Å². The summed E-state index contributed by atoms with van der Waals surface area (Å²) in [6.45, 7) is 3.13. The van der Waals surface area contributed by atoms with Crippen LogP contribution < -0.4 is 5.56 Å². The van der Waals surface area contributed by atoms with Crippen molar-refractivity contribution in [3.8, 4) is 0 Å². The summed E-state index contributed by atoms with van der Waals surface area (Å²) in [5, 5.41) is 5.73. The Morgan fingerprint density at radius 3 is 2.97 bits per heavy atom. The van der Waals surface area contributed by atoms with Crippen molar-refractivity contribution in [3.63, 3.8) is 0 Å². The zero-order chi connectivity index (χ0) is 20.9. The van der Waals surface area contributed by atoms with Crippen LogP contribution in [-0.4, -0.2) is 57.2 Å². The lowest BCUT2D eigenvalue weighted by molar-refractivity contribution is -0.137. The molecule has 0 radical (unpaired) electrons. The third-order valence-electron chi connectivity index (χ3n) is 8.02. The number of likely N-dealkylation sites (tertiary alicyclic amines) is 1. The summed E-state index contributed by atoms with van der Waals surface area (Å²) in [5.41, 5.74) is 1.29. The molecule has 1 aliphatic carbocycles. The molecule has 0 saturated carbocycles. The van der Waals surface area contributed by atoms with E-state index < -0.39 is 0 Å². The number of rotatable bonds is 2. The van der Waals surface area contributed by atoms with Crippen LogP contribution in [0.25, 0.3) is 10.8 Å². The highest BCUT2D eigenvalue weighted by Crippen LogP contribution is 2.45. The van der Waals surface area contributed by atoms with E-state index in [9.17, 15) is 9.59 Å². The van der Waals surface area contributed by atoms with Crippen molar-refractivity contribution in [2.24, 2.45) is 11.8 Å². The molecule has 3 aliphatic heterocycles. The summed E-state index contributed by atoms with van der Waals surface area (Å²) < 4.78 is 1.34. The predicted molar refractivity (Wildman–Crippen MR) is 120 cm³/mol. The maximum atomic E-state index is 13.4. The smallest absolute Gasteiger partial charge is 0.275 e. The van der Waals surface area contributed by atoms with Crippen LogP contribution in [0.5, 0.6) is 0 Å². The van der Waals surface area contributed by atoms with Gasteiger partial charge in [-0.05, 0) is 56.6 Å². The van der Waals surface area contributed by atoms with Gasteiger partial charge in [-0.3, -0.25) is 14.5 Å². The maximum Gasteiger partial charge on any atom is 0.275 e. The first-order valence-electron chi connectivity index (χ1n) is 11.9. The highest BCUT2D eigenvalue weighted by Gasteiger charge is 2.46. The maximum absolute atomic E-state index is 13.4. The van der Waals surface area contributed by atoms with Gasteiger partial charge in [0.1, 0.15) is 6.54 Å². The number of carbonyl (C=O) groups is 1. The fourth-order valence-electron chi connectivity index (χ4n) is 6.71. The number of fused-ring (bicyclic) bond motifs is 7. The molecular weight excluding hydrogens is 388 g/mol. The molecule has 162 valence electrons. The first kappa shape index (κ1) is 19.2. The molecule has 1 aromatic carbocycles. The van der Waals surface area contributed by atoms with Crippen LogP contribution in [0.4, 0.5) is 0 Å². The first-order chi connectivity index (χ1) is 15.2. The topological polar surface area (TPSA) is 58.4 Å². The van der Waals surface area contributed by atoms with E-state index in [0.717, 1.165) is 31.3 Å². The lowest BCUT2D eigenvalue weighted by atomic mass is 9.68. The SMILES string of the molecule is O=C(Cn1ncc2ccccc2c1=O)N1CCCC2=C[C@H]3C[C@@H](CN4CCCC[C@@H]34)[C@H]21. The molecule has 3 saturated heterocycles. The number of piperidine rings is 3. The number of carbonyl (C=O) groups excluding carboxylic acids is 1. The second kappa shape index (κ2) is 7.59. The van der Waals surface area contributed by atoms with Crippen LogP contribution in [0, 0.1) is 11.8 Å². The van der Waals surface area contributed by atoms with E-state index in [-0.39, 0.29) is 24.1 Å². The number of aromatic nitrogens is 2. The van der Waals surface area contributed by atoms with E-state index in [1.54, 1.807) is 12.3 Å². The molecule has 6 nitrogen and oxygen atoms in total. The molecule has 0 spiro atoms. The van der Waals surface area contributed by atoms with Gasteiger partial charge in [0.15, 0.2) is 0 Å². The summed E-state index contributed by atoms with van der Waals surface area (Å²) in [7, 11) is 0. The summed E-state index contributed by atoms with van der Waals surface area (Å²) >= 11 is 0. The van der Waals surface area contributed by atoms with Gasteiger partial charge in [-0.25, -0.2) is 4.68 Å². The van der Waals surface area contributed by atoms with Crippen molar-refractivity contribution in [1.82, 2.24) is 19.6 Å². The Hall–Kier alpha value is -2.47. The van der Waals surface area contributed by atoms with E-state index in [1.807, 2.05) is 18.2 Å². The van der Waals surface area contributed by atoms with E-state index in [0.29, 0.717) is 23.3 Å². The molecule has 31 heavy (non-hydrogen) atoms. The fourth-order valence-corrected chi connectivity index (χ4v) is 6.71. The summed E-state index contributed by atoms with van der Waals surface area (Å²) in [4.78, 5) is 31.1. The second-order valence-electron chi connectivity index (χ2n) is 9.79. The van der Waals surface area contributed by atoms with Crippen LogP contribution in [0.1, 0.15) is 38.5 Å². The normalized spacial score (nSPS) is 30.5. The Bertz CT molecular complexity index is 1110. The lowest BCUT2D eigenvalue weighted by Gasteiger charge is -2.54. The third-order valence-corrected chi connectivity index (χ3v) is 8.02. The highest BCUT2D eigenvalue weighted by atomic mass is 16.2. The van der Waals surface area contributed by atoms with Gasteiger partial charge in [-0.1, -0.05) is 36.3 Å². The molecular formula is C25H30N4O2. The largest absolute Gasteiger partial charge is 0.334 e. The Morgan fingerprint density at radius 1 is 1.13 bits per heavy atom. The average molecular weight is 419 g/mol. The molecule has 0 N–H and O–H groups in total. The minimum Gasteiger partial charge on any atom is -0.334 e. The molecule has 0 unspecified atom stereocenters. The van der Waals surface area contributed by atoms with Crippen molar-refractivity contribution < 1.29 is 4.79 Å². The molecule has 2 bridgehead atoms. The van der Waals surface area contributed by atoms with Crippen LogP contribution in [0.2, 0.25) is 0 Å². The minimum absolute atomic E-state index is 0.0237. The van der Waals surface area contributed by atoms with Crippen molar-refractivity contribution in [1.29, 1.82) is 0 Å². The Labute approximate surface area is 182 Å². The number of hydrogen-bond donors (Lipinski definition) is 0. The number of amides is 1. The number of benzene rings is 1. The molecule has 1 amide bonds. The summed E-state index contributed by atoms with van der Waals surface area (Å²) in [5.74, 6) is 1.20. The summed E-state index contributed by atoms with van der Waals surface area (Å²) in [6.07, 6.45) is 11.5. The van der Waals surface area contributed by atoms with Gasteiger partial charge in [0.2, 0.25) is 5.91 Å². The minimum atomic E-state index is -0.184. The molecule has 3 fully saturated rings. The van der Waals surface area contributed by atoms with Gasteiger partial charge in [-0.15, -0.1) is 0 Å². The second-order valence-corrected chi connectivity index (χ2v) is 9.79. The lowest BCUT2D eigenvalue weighted by Crippen LogP contribution is -2.60. The Balaban J connectivity index is 1.28. The number of hydrogen-bond acceptors (Lipinski definition) is 4. The monoisotopic (exact) mass is 418 g/mol. The predicted octanol–water partition coefficient (Wildman–Crippen LogP) is 2.82. The van der Waals surface area contributed by atoms with Gasteiger partial charge >= 0.3 is 0 Å². The van der Waals surface area contributed by atoms with Gasteiger partial charge < -0.3 is 4.90 Å². The Kier molecular flexibility index (Phi) is 4.71. The molecule has 2 aromatic rings. The number of nitrogens with zero attached hydrogens (tertiary/aromatic N) is 4. The van der Waals surface area contributed by atoms with Crippen LogP contribution in [0.3, 0.4) is 0 Å².